The van der Waals surface area contributed by atoms with E-state index in [0.717, 1.165) is 36.0 Å². The van der Waals surface area contributed by atoms with Crippen LogP contribution in [0.5, 0.6) is 11.5 Å². The van der Waals surface area contributed by atoms with Crippen molar-refractivity contribution in [3.05, 3.63) is 150 Å². The van der Waals surface area contributed by atoms with Gasteiger partial charge in [-0.1, -0.05) is 74.4 Å². The number of benzene rings is 6. The summed E-state index contributed by atoms with van der Waals surface area (Å²) >= 11 is 0. The van der Waals surface area contributed by atoms with Crippen LogP contribution in [0.4, 0.5) is 28.4 Å². The zero-order valence-electron chi connectivity index (χ0n) is 31.9. The van der Waals surface area contributed by atoms with Gasteiger partial charge in [0.15, 0.2) is 0 Å². The van der Waals surface area contributed by atoms with Gasteiger partial charge in [-0.2, -0.15) is 0 Å². The highest BCUT2D eigenvalue weighted by Crippen LogP contribution is 2.41. The van der Waals surface area contributed by atoms with Gasteiger partial charge in [-0.25, -0.2) is 0 Å². The molecule has 0 spiro atoms. The van der Waals surface area contributed by atoms with E-state index in [9.17, 15) is 0 Å². The van der Waals surface area contributed by atoms with Crippen LogP contribution in [0.1, 0.15) is 69.1 Å². The van der Waals surface area contributed by atoms with Gasteiger partial charge in [-0.15, -0.1) is 0 Å². The number of fused-ring (bicyclic) bond motifs is 1. The second-order valence-corrected chi connectivity index (χ2v) is 14.3. The molecule has 0 aliphatic heterocycles. The molecule has 0 amide bonds. The number of hydrogen-bond donors (Lipinski definition) is 1. The molecule has 272 valence electrons. The lowest BCUT2D eigenvalue weighted by Gasteiger charge is -2.31. The monoisotopic (exact) mass is 703 g/mol. The summed E-state index contributed by atoms with van der Waals surface area (Å²) in [5, 5.41) is 6.57. The minimum absolute atomic E-state index is 0.0396. The Hall–Kier alpha value is -5.42. The standard InChI is InChI=1S/C48H53N3O2/c1-6-50(39-24-28-41(52-4)29-25-39)37-20-16-35(17-21-37)48(36-18-22-38(23-19-36)51(7-2)40-26-30-42(53-5)31-27-40)45-32-33-47(44-14-10-9-13-43(44)45)49-46-15-11-8-12-34(46)3/h9-10,13-14,16-34,46,48-49H,6-8,11-12,15H2,1-5H3. The molecular formula is C48H53N3O2. The molecular weight excluding hydrogens is 651 g/mol. The highest BCUT2D eigenvalue weighted by molar-refractivity contribution is 5.97. The van der Waals surface area contributed by atoms with E-state index in [2.05, 4.69) is 145 Å². The van der Waals surface area contributed by atoms with Gasteiger partial charge in [0.2, 0.25) is 0 Å². The summed E-state index contributed by atoms with van der Waals surface area (Å²) in [6.45, 7) is 8.52. The highest BCUT2D eigenvalue weighted by atomic mass is 16.5. The van der Waals surface area contributed by atoms with Crippen LogP contribution in [-0.2, 0) is 0 Å². The third kappa shape index (κ3) is 7.71. The molecule has 7 rings (SSSR count). The molecule has 1 saturated carbocycles. The molecule has 53 heavy (non-hydrogen) atoms. The van der Waals surface area contributed by atoms with Crippen molar-refractivity contribution in [2.75, 3.05) is 42.4 Å². The summed E-state index contributed by atoms with van der Waals surface area (Å²) in [4.78, 5) is 4.68. The van der Waals surface area contributed by atoms with E-state index < -0.39 is 0 Å². The Balaban J connectivity index is 1.29. The van der Waals surface area contributed by atoms with Crippen LogP contribution in [0, 0.1) is 5.92 Å². The van der Waals surface area contributed by atoms with Crippen molar-refractivity contribution in [3.63, 3.8) is 0 Å². The van der Waals surface area contributed by atoms with Gasteiger partial charge >= 0.3 is 0 Å². The molecule has 1 N–H and O–H groups in total. The molecule has 0 radical (unpaired) electrons. The van der Waals surface area contributed by atoms with Crippen molar-refractivity contribution in [3.8, 4) is 11.5 Å². The van der Waals surface area contributed by atoms with Gasteiger partial charge in [-0.3, -0.25) is 0 Å². The van der Waals surface area contributed by atoms with E-state index in [0.29, 0.717) is 12.0 Å². The topological polar surface area (TPSA) is 37.0 Å². The number of hydrogen-bond acceptors (Lipinski definition) is 5. The summed E-state index contributed by atoms with van der Waals surface area (Å²) in [5.41, 5.74) is 9.71. The number of nitrogens with zero attached hydrogens (tertiary/aromatic N) is 2. The van der Waals surface area contributed by atoms with E-state index in [4.69, 9.17) is 9.47 Å². The highest BCUT2D eigenvalue weighted by Gasteiger charge is 2.24. The van der Waals surface area contributed by atoms with Crippen LogP contribution < -0.4 is 24.6 Å². The number of ether oxygens (including phenoxy) is 2. The summed E-state index contributed by atoms with van der Waals surface area (Å²) in [6, 6.07) is 49.2. The average molecular weight is 704 g/mol. The van der Waals surface area contributed by atoms with E-state index in [-0.39, 0.29) is 5.92 Å². The molecule has 1 aliphatic rings. The molecule has 0 bridgehead atoms. The predicted octanol–water partition coefficient (Wildman–Crippen LogP) is 12.3. The first kappa shape index (κ1) is 36.0. The Bertz CT molecular complexity index is 1980. The van der Waals surface area contributed by atoms with E-state index >= 15 is 0 Å². The number of methoxy groups -OCH3 is 2. The Morgan fingerprint density at radius 3 is 1.47 bits per heavy atom. The van der Waals surface area contributed by atoms with Gasteiger partial charge in [-0.05, 0) is 134 Å². The lowest BCUT2D eigenvalue weighted by atomic mass is 9.82. The van der Waals surface area contributed by atoms with Crippen LogP contribution in [0.2, 0.25) is 0 Å². The van der Waals surface area contributed by atoms with Gasteiger partial charge in [0.05, 0.1) is 14.2 Å². The Kier molecular flexibility index (Phi) is 11.2. The molecule has 0 saturated heterocycles. The smallest absolute Gasteiger partial charge is 0.119 e. The first-order valence-corrected chi connectivity index (χ1v) is 19.3. The maximum Gasteiger partial charge on any atom is 0.119 e. The molecule has 6 aromatic rings. The molecule has 0 heterocycles. The minimum Gasteiger partial charge on any atom is -0.497 e. The summed E-state index contributed by atoms with van der Waals surface area (Å²) in [6.07, 6.45) is 5.16. The fourth-order valence-electron chi connectivity index (χ4n) is 8.23. The van der Waals surface area contributed by atoms with E-state index in [1.165, 1.54) is 70.2 Å². The van der Waals surface area contributed by atoms with E-state index in [1.54, 1.807) is 14.2 Å². The fraction of sp³-hybridized carbons (Fsp3) is 0.292. The van der Waals surface area contributed by atoms with Gasteiger partial charge in [0.25, 0.3) is 0 Å². The Morgan fingerprint density at radius 1 is 0.566 bits per heavy atom. The zero-order chi connectivity index (χ0) is 36.7. The first-order valence-electron chi connectivity index (χ1n) is 19.3. The third-order valence-corrected chi connectivity index (χ3v) is 11.2. The number of nitrogens with one attached hydrogen (secondary N) is 1. The number of rotatable bonds is 13. The number of anilines is 5. The second kappa shape index (κ2) is 16.5. The molecule has 6 aromatic carbocycles. The Morgan fingerprint density at radius 2 is 1.02 bits per heavy atom. The Labute approximate surface area is 316 Å². The molecule has 2 unspecified atom stereocenters. The quantitative estimate of drug-likeness (QED) is 0.121. The summed E-state index contributed by atoms with van der Waals surface area (Å²) < 4.78 is 10.8. The third-order valence-electron chi connectivity index (χ3n) is 11.2. The van der Waals surface area contributed by atoms with Crippen molar-refractivity contribution < 1.29 is 9.47 Å². The molecule has 0 aromatic heterocycles. The molecule has 1 aliphatic carbocycles. The van der Waals surface area contributed by atoms with Gasteiger partial charge in [0, 0.05) is 58.9 Å². The van der Waals surface area contributed by atoms with Crippen molar-refractivity contribution in [2.24, 2.45) is 5.92 Å². The van der Waals surface area contributed by atoms with Gasteiger partial charge in [0.1, 0.15) is 11.5 Å². The summed E-state index contributed by atoms with van der Waals surface area (Å²) in [5.74, 6) is 2.44. The van der Waals surface area contributed by atoms with Crippen LogP contribution in [0.3, 0.4) is 0 Å². The normalized spacial score (nSPS) is 15.7. The SMILES string of the molecule is CCN(c1ccc(OC)cc1)c1ccc(C(c2ccc(N(CC)c3ccc(OC)cc3)cc2)c2ccc(NC3CCCCC3C)c3ccccc23)cc1. The van der Waals surface area contributed by atoms with Gasteiger partial charge < -0.3 is 24.6 Å². The largest absolute Gasteiger partial charge is 0.497 e. The maximum atomic E-state index is 5.42. The molecule has 2 atom stereocenters. The van der Waals surface area contributed by atoms with Crippen LogP contribution in [0.25, 0.3) is 10.8 Å². The zero-order valence-corrected chi connectivity index (χ0v) is 31.9. The first-order chi connectivity index (χ1) is 26.0. The molecule has 5 heteroatoms. The molecule has 5 nitrogen and oxygen atoms in total. The van der Waals surface area contributed by atoms with Crippen LogP contribution in [0.15, 0.2) is 133 Å². The lowest BCUT2D eigenvalue weighted by Crippen LogP contribution is -2.30. The minimum atomic E-state index is 0.0396. The van der Waals surface area contributed by atoms with Crippen molar-refractivity contribution in [2.45, 2.75) is 58.4 Å². The fourth-order valence-corrected chi connectivity index (χ4v) is 8.23. The summed E-state index contributed by atoms with van der Waals surface area (Å²) in [7, 11) is 3.42. The lowest BCUT2D eigenvalue weighted by molar-refractivity contribution is 0.350. The second-order valence-electron chi connectivity index (χ2n) is 14.3. The van der Waals surface area contributed by atoms with Crippen LogP contribution in [-0.4, -0.2) is 33.4 Å². The average Bonchev–Trinajstić information content (AvgIpc) is 3.21. The van der Waals surface area contributed by atoms with E-state index in [1.807, 2.05) is 24.3 Å². The van der Waals surface area contributed by atoms with Crippen molar-refractivity contribution in [1.29, 1.82) is 0 Å². The maximum absolute atomic E-state index is 5.42. The van der Waals surface area contributed by atoms with Crippen LogP contribution >= 0.6 is 0 Å². The van der Waals surface area contributed by atoms with Crippen molar-refractivity contribution >= 4 is 39.2 Å². The molecule has 1 fully saturated rings. The van der Waals surface area contributed by atoms with Crippen molar-refractivity contribution in [1.82, 2.24) is 0 Å². The predicted molar refractivity (Wildman–Crippen MR) is 224 cm³/mol.